The second kappa shape index (κ2) is 18.3. The Morgan fingerprint density at radius 1 is 0.985 bits per heavy atom. The van der Waals surface area contributed by atoms with Gasteiger partial charge < -0.3 is 52.3 Å². The number of aliphatic carboxylic acids is 2. The first-order valence-electron chi connectivity index (χ1n) is 20.0. The maximum atomic E-state index is 16.1. The molecule has 2 fully saturated rings. The highest BCUT2D eigenvalue weighted by molar-refractivity contribution is 6.22. The van der Waals surface area contributed by atoms with Gasteiger partial charge in [-0.25, -0.2) is 29.6 Å². The number of nitrogens with two attached hydrogens (primary N) is 3. The molecular weight excluding hydrogens is 853 g/mol. The summed E-state index contributed by atoms with van der Waals surface area (Å²) in [5.41, 5.74) is 7.40. The molecule has 23 heteroatoms. The van der Waals surface area contributed by atoms with Crippen LogP contribution < -0.4 is 33.3 Å². The van der Waals surface area contributed by atoms with Crippen LogP contribution in [0, 0.1) is 51.2 Å². The number of carboxylic acids is 2. The van der Waals surface area contributed by atoms with E-state index in [9.17, 15) is 50.0 Å². The van der Waals surface area contributed by atoms with Gasteiger partial charge in [-0.1, -0.05) is 62.4 Å². The van der Waals surface area contributed by atoms with Crippen molar-refractivity contribution in [2.24, 2.45) is 34.5 Å². The molecule has 3 aliphatic heterocycles. The van der Waals surface area contributed by atoms with Crippen molar-refractivity contribution >= 4 is 53.1 Å². The van der Waals surface area contributed by atoms with E-state index in [1.54, 1.807) is 42.5 Å². The minimum absolute atomic E-state index is 0.0204. The van der Waals surface area contributed by atoms with Crippen LogP contribution in [0.25, 0.3) is 0 Å². The lowest BCUT2D eigenvalue weighted by Crippen LogP contribution is -2.89. The van der Waals surface area contributed by atoms with Crippen molar-refractivity contribution in [2.45, 2.75) is 93.6 Å². The van der Waals surface area contributed by atoms with Crippen LogP contribution in [0.3, 0.4) is 0 Å². The van der Waals surface area contributed by atoms with Gasteiger partial charge in [-0.15, -0.1) is 0 Å². The van der Waals surface area contributed by atoms with E-state index in [4.69, 9.17) is 31.4 Å². The zero-order valence-electron chi connectivity index (χ0n) is 35.2. The van der Waals surface area contributed by atoms with Crippen LogP contribution in [0.15, 0.2) is 54.6 Å². The number of Topliss-reactive ketones (excluding diaryl/α,β-unsaturated/α-hetero) is 2. The number of nitrogens with one attached hydrogen (secondary N) is 3. The highest BCUT2D eigenvalue weighted by Crippen LogP contribution is 2.60. The Bertz CT molecular complexity index is 2430. The Morgan fingerprint density at radius 3 is 2.20 bits per heavy atom. The fourth-order valence-corrected chi connectivity index (χ4v) is 8.87. The quantitative estimate of drug-likeness (QED) is 0.113. The maximum absolute atomic E-state index is 16.1. The van der Waals surface area contributed by atoms with Gasteiger partial charge in [0.25, 0.3) is 5.79 Å². The lowest BCUT2D eigenvalue weighted by molar-refractivity contribution is -0.267. The molecule has 5 rings (SSSR count). The molecule has 11 N–H and O–H groups in total. The number of ketones is 2. The van der Waals surface area contributed by atoms with Crippen LogP contribution in [0.2, 0.25) is 0 Å². The molecular formula is C42H46N10O13. The average molecular weight is 899 g/mol. The number of fused-ring (bicyclic) bond motifs is 1. The first-order valence-corrected chi connectivity index (χ1v) is 20.0. The minimum Gasteiger partial charge on any atom is -0.481 e. The Hall–Kier alpha value is -7.49. The second-order valence-corrected chi connectivity index (χ2v) is 16.1. The fraction of sp³-hybridized carbons (Fsp3) is 0.452. The zero-order valence-corrected chi connectivity index (χ0v) is 35.2. The molecule has 2 aromatic carbocycles. The topological polar surface area (TPSA) is 393 Å². The number of carbonyl (C=O) groups excluding carboxylic acids is 6. The average Bonchev–Trinajstić information content (AvgIpc) is 3.31. The lowest BCUT2D eigenvalue weighted by atomic mass is 9.44. The first-order chi connectivity index (χ1) is 30.6. The van der Waals surface area contributed by atoms with E-state index in [0.717, 1.165) is 6.92 Å². The summed E-state index contributed by atoms with van der Waals surface area (Å²) < 4.78 is 17.4. The van der Waals surface area contributed by atoms with Gasteiger partial charge in [0.05, 0.1) is 18.2 Å². The van der Waals surface area contributed by atoms with Gasteiger partial charge in [0, 0.05) is 38.4 Å². The van der Waals surface area contributed by atoms with Gasteiger partial charge in [0.1, 0.15) is 30.7 Å². The van der Waals surface area contributed by atoms with Crippen molar-refractivity contribution in [3.8, 4) is 18.2 Å². The standard InChI is InChI=1S/C42H46N10O13/c1-22(2)41(47)36(61)65-39-14-9-15-52(37(62)63-20-24-10-5-4-6-11-24)51-26(18-43)17-30(54)40(42(39,48)35(59)60,32(55)31(33(56)57)27(46)19-44)38(41,21-45)50-28-13-8-7-12-25(28)16-29(34(58)64-39)49-23(3)53/h4-8,10-13,22,26-27,29,31,50-51H,9,14-17,20,46-48H2,1-3H3,(H,49,53)(H,56,57)(H,59,60). The first kappa shape index (κ1) is 48.5. The number of rotatable bonds is 9. The van der Waals surface area contributed by atoms with Crippen LogP contribution in [0.4, 0.5) is 10.5 Å². The predicted octanol–water partition coefficient (Wildman–Crippen LogP) is -0.751. The van der Waals surface area contributed by atoms with Gasteiger partial charge in [-0.3, -0.25) is 19.2 Å². The molecule has 2 aromatic rings. The van der Waals surface area contributed by atoms with Gasteiger partial charge in [0.2, 0.25) is 11.4 Å². The fourth-order valence-electron chi connectivity index (χ4n) is 8.87. The maximum Gasteiger partial charge on any atom is 0.424 e. The van der Waals surface area contributed by atoms with Crippen LogP contribution in [-0.2, 0) is 60.8 Å². The molecule has 0 aliphatic carbocycles. The largest absolute Gasteiger partial charge is 0.481 e. The molecule has 2 amide bonds. The van der Waals surface area contributed by atoms with Gasteiger partial charge in [-0.2, -0.15) is 15.8 Å². The number of esters is 2. The summed E-state index contributed by atoms with van der Waals surface area (Å²) in [6.45, 7) is 2.43. The lowest BCUT2D eigenvalue weighted by Gasteiger charge is -2.57. The summed E-state index contributed by atoms with van der Waals surface area (Å²) in [6.07, 6.45) is -5.13. The highest BCUT2D eigenvalue weighted by atomic mass is 16.7. The number of benzene rings is 2. The molecule has 3 heterocycles. The SMILES string of the molecule is CC(=O)NC1Cc2ccccc2NC2(C#N)C(N)(C(C)C)C(=O)OC3(CCCN(C(=O)OCc4ccccc4)NC(C#N)CC(=O)C2(C(=O)C(C(=O)O)C(N)C#N)C3(N)C(=O)O)OC1=O. The molecule has 9 unspecified atom stereocenters. The summed E-state index contributed by atoms with van der Waals surface area (Å²) >= 11 is 0. The number of amides is 2. The Kier molecular flexibility index (Phi) is 13.7. The minimum atomic E-state index is -4.26. The molecule has 2 saturated heterocycles. The molecule has 3 aliphatic rings. The van der Waals surface area contributed by atoms with Crippen molar-refractivity contribution in [2.75, 3.05) is 11.9 Å². The van der Waals surface area contributed by atoms with Crippen molar-refractivity contribution in [3.05, 3.63) is 65.7 Å². The van der Waals surface area contributed by atoms with Crippen molar-refractivity contribution in [1.29, 1.82) is 15.8 Å². The van der Waals surface area contributed by atoms with Crippen LogP contribution in [0.1, 0.15) is 51.2 Å². The van der Waals surface area contributed by atoms with Gasteiger partial charge >= 0.3 is 30.0 Å². The van der Waals surface area contributed by atoms with E-state index < -0.39 is 137 Å². The molecule has 0 saturated carbocycles. The van der Waals surface area contributed by atoms with Crippen LogP contribution in [0.5, 0.6) is 0 Å². The van der Waals surface area contributed by atoms with Crippen molar-refractivity contribution in [1.82, 2.24) is 15.8 Å². The van der Waals surface area contributed by atoms with Crippen molar-refractivity contribution < 1.29 is 62.8 Å². The van der Waals surface area contributed by atoms with E-state index in [1.807, 2.05) is 0 Å². The molecule has 65 heavy (non-hydrogen) atoms. The molecule has 23 nitrogen and oxygen atoms in total. The summed E-state index contributed by atoms with van der Waals surface area (Å²) in [5.74, 6) is -21.5. The van der Waals surface area contributed by atoms with Gasteiger partial charge in [0.15, 0.2) is 28.1 Å². The number of para-hydroxylation sites is 1. The molecule has 0 radical (unpaired) electrons. The summed E-state index contributed by atoms with van der Waals surface area (Å²) in [6, 6.07) is 12.1. The third kappa shape index (κ3) is 7.72. The highest BCUT2D eigenvalue weighted by Gasteiger charge is 2.89. The molecule has 342 valence electrons. The smallest absolute Gasteiger partial charge is 0.424 e. The zero-order chi connectivity index (χ0) is 48.3. The Morgan fingerprint density at radius 2 is 1.63 bits per heavy atom. The number of carbonyl (C=O) groups is 8. The van der Waals surface area contributed by atoms with Crippen LogP contribution in [-0.4, -0.2) is 110 Å². The molecule has 9 atom stereocenters. The number of carboxylic acid groups (broad SMARTS) is 2. The Labute approximate surface area is 370 Å². The van der Waals surface area contributed by atoms with Crippen molar-refractivity contribution in [3.63, 3.8) is 0 Å². The van der Waals surface area contributed by atoms with E-state index in [1.165, 1.54) is 44.2 Å². The number of hydrogen-bond acceptors (Lipinski definition) is 19. The van der Waals surface area contributed by atoms with Gasteiger partial charge in [-0.05, 0) is 29.5 Å². The number of hydrogen-bond donors (Lipinski definition) is 8. The number of nitrogens with zero attached hydrogens (tertiary/aromatic N) is 4. The molecule has 3 bridgehead atoms. The third-order valence-electron chi connectivity index (χ3n) is 12.1. The molecule has 0 aromatic heterocycles. The van der Waals surface area contributed by atoms with Crippen LogP contribution >= 0.6 is 0 Å². The van der Waals surface area contributed by atoms with E-state index in [-0.39, 0.29) is 17.9 Å². The summed E-state index contributed by atoms with van der Waals surface area (Å²) in [4.78, 5) is 116. The Balaban J connectivity index is 2.04. The molecule has 0 spiro atoms. The third-order valence-corrected chi connectivity index (χ3v) is 12.1. The number of nitriles is 3. The van der Waals surface area contributed by atoms with E-state index in [2.05, 4.69) is 16.1 Å². The number of hydrazine groups is 1. The summed E-state index contributed by atoms with van der Waals surface area (Å²) in [5, 5.41) is 60.7. The van der Waals surface area contributed by atoms with E-state index in [0.29, 0.717) is 10.6 Å². The monoisotopic (exact) mass is 898 g/mol. The van der Waals surface area contributed by atoms with E-state index >= 15 is 14.4 Å². The normalized spacial score (nSPS) is 29.9. The number of ether oxygens (including phenoxy) is 3. The summed E-state index contributed by atoms with van der Waals surface area (Å²) in [7, 11) is 0. The number of anilines is 1. The second-order valence-electron chi connectivity index (χ2n) is 16.1. The predicted molar refractivity (Wildman–Crippen MR) is 218 cm³/mol.